The molecule has 1 amide bonds. The van der Waals surface area contributed by atoms with E-state index in [0.29, 0.717) is 6.54 Å². The van der Waals surface area contributed by atoms with Crippen LogP contribution in [-0.4, -0.2) is 50.4 Å². The molecule has 5 nitrogen and oxygen atoms in total. The zero-order valence-corrected chi connectivity index (χ0v) is 9.63. The van der Waals surface area contributed by atoms with Gasteiger partial charge in [0.15, 0.2) is 9.84 Å². The van der Waals surface area contributed by atoms with Crippen LogP contribution in [0, 0.1) is 0 Å². The summed E-state index contributed by atoms with van der Waals surface area (Å²) in [6.07, 6.45) is 2.24. The van der Waals surface area contributed by atoms with Gasteiger partial charge in [0.05, 0.1) is 11.5 Å². The van der Waals surface area contributed by atoms with Gasteiger partial charge in [0, 0.05) is 13.0 Å². The Bertz CT molecular complexity index is 307. The molecule has 1 fully saturated rings. The van der Waals surface area contributed by atoms with Crippen molar-refractivity contribution in [1.29, 1.82) is 0 Å². The van der Waals surface area contributed by atoms with E-state index in [1.54, 1.807) is 0 Å². The van der Waals surface area contributed by atoms with Crippen LogP contribution in [0.25, 0.3) is 0 Å². The number of hydrogen-bond donors (Lipinski definition) is 1. The highest BCUT2D eigenvalue weighted by Gasteiger charge is 2.17. The molecular weight excluding hydrogens is 216 g/mol. The second-order valence-corrected chi connectivity index (χ2v) is 6.22. The summed E-state index contributed by atoms with van der Waals surface area (Å²) < 4.78 is 22.9. The van der Waals surface area contributed by atoms with Crippen molar-refractivity contribution in [2.24, 2.45) is 5.73 Å². The minimum absolute atomic E-state index is 0.0671. The van der Waals surface area contributed by atoms with E-state index < -0.39 is 15.7 Å². The molecule has 0 atom stereocenters. The van der Waals surface area contributed by atoms with Gasteiger partial charge >= 0.3 is 0 Å². The quantitative estimate of drug-likeness (QED) is 0.663. The molecule has 0 radical (unpaired) electrons. The summed E-state index contributed by atoms with van der Waals surface area (Å²) in [6.45, 7) is 2.57. The van der Waals surface area contributed by atoms with E-state index in [2.05, 4.69) is 4.90 Å². The zero-order valence-electron chi connectivity index (χ0n) is 8.81. The maximum atomic E-state index is 11.5. The second kappa shape index (κ2) is 5.46. The van der Waals surface area contributed by atoms with Crippen molar-refractivity contribution in [1.82, 2.24) is 4.90 Å². The number of nitrogens with zero attached hydrogens (tertiary/aromatic N) is 1. The summed E-state index contributed by atoms with van der Waals surface area (Å²) in [5.74, 6) is -0.532. The smallest absolute Gasteiger partial charge is 0.218 e. The minimum atomic E-state index is -3.11. The predicted molar refractivity (Wildman–Crippen MR) is 58.1 cm³/mol. The maximum absolute atomic E-state index is 11.5. The fraction of sp³-hybridized carbons (Fsp3) is 0.889. The highest BCUT2D eigenvalue weighted by atomic mass is 32.2. The molecule has 1 heterocycles. The minimum Gasteiger partial charge on any atom is -0.370 e. The van der Waals surface area contributed by atoms with Crippen LogP contribution in [-0.2, 0) is 14.6 Å². The molecule has 1 aliphatic heterocycles. The second-order valence-electron chi connectivity index (χ2n) is 3.92. The Labute approximate surface area is 90.5 Å². The Morgan fingerprint density at radius 2 is 1.80 bits per heavy atom. The summed E-state index contributed by atoms with van der Waals surface area (Å²) in [7, 11) is -3.11. The van der Waals surface area contributed by atoms with E-state index >= 15 is 0 Å². The molecule has 15 heavy (non-hydrogen) atoms. The van der Waals surface area contributed by atoms with Gasteiger partial charge in [0.2, 0.25) is 5.91 Å². The fourth-order valence-electron chi connectivity index (χ4n) is 1.63. The average molecular weight is 234 g/mol. The van der Waals surface area contributed by atoms with Crippen LogP contribution in [0.4, 0.5) is 0 Å². The van der Waals surface area contributed by atoms with Crippen LogP contribution < -0.4 is 5.73 Å². The maximum Gasteiger partial charge on any atom is 0.218 e. The first-order valence-electron chi connectivity index (χ1n) is 5.21. The van der Waals surface area contributed by atoms with Gasteiger partial charge in [-0.1, -0.05) is 0 Å². The number of sulfone groups is 1. The lowest BCUT2D eigenvalue weighted by Crippen LogP contribution is -2.28. The Balaban J connectivity index is 2.26. The van der Waals surface area contributed by atoms with Crippen molar-refractivity contribution in [3.05, 3.63) is 0 Å². The van der Waals surface area contributed by atoms with Crippen molar-refractivity contribution in [2.75, 3.05) is 31.1 Å². The normalized spacial score (nSPS) is 18.1. The number of rotatable bonds is 6. The fourth-order valence-corrected chi connectivity index (χ4v) is 2.89. The highest BCUT2D eigenvalue weighted by Crippen LogP contribution is 2.07. The Morgan fingerprint density at radius 3 is 2.33 bits per heavy atom. The average Bonchev–Trinajstić information content (AvgIpc) is 2.65. The van der Waals surface area contributed by atoms with Gasteiger partial charge in [-0.25, -0.2) is 8.42 Å². The third-order valence-electron chi connectivity index (χ3n) is 2.58. The Kier molecular flexibility index (Phi) is 4.53. The molecule has 2 N–H and O–H groups in total. The number of carbonyl (C=O) groups excluding carboxylic acids is 1. The van der Waals surface area contributed by atoms with E-state index in [-0.39, 0.29) is 17.9 Å². The van der Waals surface area contributed by atoms with E-state index in [1.165, 1.54) is 0 Å². The zero-order chi connectivity index (χ0) is 11.3. The monoisotopic (exact) mass is 234 g/mol. The van der Waals surface area contributed by atoms with Crippen molar-refractivity contribution >= 4 is 15.7 Å². The van der Waals surface area contributed by atoms with Gasteiger partial charge in [-0.15, -0.1) is 0 Å². The molecule has 0 aliphatic carbocycles. The molecular formula is C9H18N2O3S. The van der Waals surface area contributed by atoms with Gasteiger partial charge in [-0.3, -0.25) is 4.79 Å². The van der Waals surface area contributed by atoms with Crippen molar-refractivity contribution in [3.8, 4) is 0 Å². The summed E-state index contributed by atoms with van der Waals surface area (Å²) in [5, 5.41) is 0. The first kappa shape index (κ1) is 12.4. The van der Waals surface area contributed by atoms with E-state index in [1.807, 2.05) is 0 Å². The van der Waals surface area contributed by atoms with E-state index in [9.17, 15) is 13.2 Å². The lowest BCUT2D eigenvalue weighted by Gasteiger charge is -2.13. The van der Waals surface area contributed by atoms with Crippen molar-refractivity contribution in [3.63, 3.8) is 0 Å². The number of likely N-dealkylation sites (tertiary alicyclic amines) is 1. The number of hydrogen-bond acceptors (Lipinski definition) is 4. The molecule has 0 bridgehead atoms. The van der Waals surface area contributed by atoms with Crippen LogP contribution in [0.1, 0.15) is 19.3 Å². The number of carbonyl (C=O) groups is 1. The molecule has 1 aliphatic rings. The SMILES string of the molecule is NC(=O)CCS(=O)(=O)CCN1CCCC1. The van der Waals surface area contributed by atoms with Gasteiger partial charge in [0.1, 0.15) is 0 Å². The van der Waals surface area contributed by atoms with Crippen LogP contribution in [0.15, 0.2) is 0 Å². The molecule has 1 saturated heterocycles. The molecule has 0 saturated carbocycles. The summed E-state index contributed by atoms with van der Waals surface area (Å²) >= 11 is 0. The van der Waals surface area contributed by atoms with Gasteiger partial charge in [0.25, 0.3) is 0 Å². The molecule has 88 valence electrons. The summed E-state index contributed by atoms with van der Waals surface area (Å²) in [6, 6.07) is 0. The standard InChI is InChI=1S/C9H18N2O3S/c10-9(12)3-7-15(13,14)8-6-11-4-1-2-5-11/h1-8H2,(H2,10,12). The molecule has 0 unspecified atom stereocenters. The van der Waals surface area contributed by atoms with Crippen LogP contribution in [0.3, 0.4) is 0 Å². The Morgan fingerprint density at radius 1 is 1.20 bits per heavy atom. The lowest BCUT2D eigenvalue weighted by atomic mass is 10.4. The molecule has 0 spiro atoms. The number of amides is 1. The number of nitrogens with two attached hydrogens (primary N) is 1. The first-order chi connectivity index (χ1) is 6.99. The van der Waals surface area contributed by atoms with Gasteiger partial charge in [-0.2, -0.15) is 0 Å². The van der Waals surface area contributed by atoms with Gasteiger partial charge in [-0.05, 0) is 25.9 Å². The molecule has 1 rings (SSSR count). The molecule has 0 aromatic carbocycles. The molecule has 0 aromatic heterocycles. The van der Waals surface area contributed by atoms with Crippen molar-refractivity contribution in [2.45, 2.75) is 19.3 Å². The van der Waals surface area contributed by atoms with Crippen LogP contribution in [0.2, 0.25) is 0 Å². The summed E-state index contributed by atoms with van der Waals surface area (Å²) in [4.78, 5) is 12.6. The third-order valence-corrected chi connectivity index (χ3v) is 4.21. The largest absolute Gasteiger partial charge is 0.370 e. The highest BCUT2D eigenvalue weighted by molar-refractivity contribution is 7.91. The van der Waals surface area contributed by atoms with Gasteiger partial charge < -0.3 is 10.6 Å². The third kappa shape index (κ3) is 5.13. The first-order valence-corrected chi connectivity index (χ1v) is 7.03. The van der Waals surface area contributed by atoms with E-state index in [0.717, 1.165) is 25.9 Å². The Hall–Kier alpha value is -0.620. The lowest BCUT2D eigenvalue weighted by molar-refractivity contribution is -0.117. The topological polar surface area (TPSA) is 80.5 Å². The molecule has 6 heteroatoms. The molecule has 0 aromatic rings. The number of primary amides is 1. The van der Waals surface area contributed by atoms with Crippen molar-refractivity contribution < 1.29 is 13.2 Å². The summed E-state index contributed by atoms with van der Waals surface area (Å²) in [5.41, 5.74) is 4.90. The van der Waals surface area contributed by atoms with E-state index in [4.69, 9.17) is 5.73 Å². The van der Waals surface area contributed by atoms with Crippen LogP contribution >= 0.6 is 0 Å². The predicted octanol–water partition coefficient (Wildman–Crippen LogP) is -0.628. The van der Waals surface area contributed by atoms with Crippen LogP contribution in [0.5, 0.6) is 0 Å².